The van der Waals surface area contributed by atoms with Gasteiger partial charge in [0.1, 0.15) is 12.1 Å². The molecular weight excluding hydrogens is 288 g/mol. The number of ether oxygens (including phenoxy) is 1. The molecule has 1 aliphatic heterocycles. The first-order chi connectivity index (χ1) is 9.78. The molecule has 1 aliphatic rings. The molecule has 0 N–H and O–H groups in total. The van der Waals surface area contributed by atoms with E-state index in [2.05, 4.69) is 6.92 Å². The van der Waals surface area contributed by atoms with Crippen LogP contribution in [-0.2, 0) is 9.53 Å². The molecule has 2 amide bonds. The van der Waals surface area contributed by atoms with Gasteiger partial charge in [-0.1, -0.05) is 6.92 Å². The zero-order valence-corrected chi connectivity index (χ0v) is 14.7. The SMILES string of the molecule is CCSCC[C@@H]1CN(CC)C(=O)CN1C(=O)OC(C)(C)C. The van der Waals surface area contributed by atoms with Crippen LogP contribution < -0.4 is 0 Å². The minimum absolute atomic E-state index is 0.00255. The molecule has 0 aromatic rings. The number of amides is 2. The zero-order valence-electron chi connectivity index (χ0n) is 13.8. The normalized spacial score (nSPS) is 19.9. The van der Waals surface area contributed by atoms with E-state index in [1.54, 1.807) is 4.90 Å². The van der Waals surface area contributed by atoms with Crippen LogP contribution in [0.2, 0.25) is 0 Å². The molecule has 1 heterocycles. The molecule has 0 aromatic carbocycles. The lowest BCUT2D eigenvalue weighted by molar-refractivity contribution is -0.138. The van der Waals surface area contributed by atoms with Crippen molar-refractivity contribution in [3.05, 3.63) is 0 Å². The second kappa shape index (κ2) is 7.92. The molecule has 6 heteroatoms. The topological polar surface area (TPSA) is 49.9 Å². The summed E-state index contributed by atoms with van der Waals surface area (Å²) < 4.78 is 5.44. The quantitative estimate of drug-likeness (QED) is 0.732. The highest BCUT2D eigenvalue weighted by molar-refractivity contribution is 7.99. The van der Waals surface area contributed by atoms with E-state index in [1.165, 1.54) is 0 Å². The Kier molecular flexibility index (Phi) is 6.84. The summed E-state index contributed by atoms with van der Waals surface area (Å²) in [5.74, 6) is 2.06. The third kappa shape index (κ3) is 5.77. The molecule has 0 unspecified atom stereocenters. The summed E-state index contributed by atoms with van der Waals surface area (Å²) in [6, 6.07) is 0.0524. The van der Waals surface area contributed by atoms with Crippen LogP contribution in [0.25, 0.3) is 0 Å². The Hall–Kier alpha value is -0.910. The van der Waals surface area contributed by atoms with Gasteiger partial charge in [-0.3, -0.25) is 9.69 Å². The maximum atomic E-state index is 12.3. The number of hydrogen-bond acceptors (Lipinski definition) is 4. The van der Waals surface area contributed by atoms with Gasteiger partial charge in [-0.05, 0) is 45.6 Å². The van der Waals surface area contributed by atoms with Crippen molar-refractivity contribution in [2.24, 2.45) is 0 Å². The van der Waals surface area contributed by atoms with Gasteiger partial charge in [0.05, 0.1) is 6.04 Å². The number of likely N-dealkylation sites (N-methyl/N-ethyl adjacent to an activating group) is 1. The Bertz CT molecular complexity index is 368. The van der Waals surface area contributed by atoms with Gasteiger partial charge in [-0.2, -0.15) is 11.8 Å². The second-order valence-corrected chi connectivity index (χ2v) is 7.57. The second-order valence-electron chi connectivity index (χ2n) is 6.18. The fourth-order valence-corrected chi connectivity index (χ4v) is 3.01. The van der Waals surface area contributed by atoms with E-state index in [9.17, 15) is 9.59 Å². The van der Waals surface area contributed by atoms with E-state index in [0.29, 0.717) is 13.1 Å². The van der Waals surface area contributed by atoms with E-state index in [4.69, 9.17) is 4.74 Å². The van der Waals surface area contributed by atoms with Crippen LogP contribution in [0.3, 0.4) is 0 Å². The van der Waals surface area contributed by atoms with Gasteiger partial charge in [0.25, 0.3) is 0 Å². The maximum Gasteiger partial charge on any atom is 0.411 e. The van der Waals surface area contributed by atoms with Gasteiger partial charge >= 0.3 is 6.09 Å². The fraction of sp³-hybridized carbons (Fsp3) is 0.867. The van der Waals surface area contributed by atoms with Gasteiger partial charge < -0.3 is 9.64 Å². The predicted octanol–water partition coefficient (Wildman–Crippen LogP) is 2.60. The highest BCUT2D eigenvalue weighted by Crippen LogP contribution is 2.20. The van der Waals surface area contributed by atoms with Crippen LogP contribution in [0, 0.1) is 0 Å². The summed E-state index contributed by atoms with van der Waals surface area (Å²) in [5.41, 5.74) is -0.537. The lowest BCUT2D eigenvalue weighted by Gasteiger charge is -2.41. The summed E-state index contributed by atoms with van der Waals surface area (Å²) in [4.78, 5) is 27.8. The molecule has 0 spiro atoms. The highest BCUT2D eigenvalue weighted by Gasteiger charge is 2.36. The monoisotopic (exact) mass is 316 g/mol. The van der Waals surface area contributed by atoms with E-state index in [-0.39, 0.29) is 24.6 Å². The van der Waals surface area contributed by atoms with Crippen molar-refractivity contribution in [3.63, 3.8) is 0 Å². The largest absolute Gasteiger partial charge is 0.444 e. The van der Waals surface area contributed by atoms with Crippen LogP contribution in [0.4, 0.5) is 4.79 Å². The molecule has 0 bridgehead atoms. The molecule has 0 saturated carbocycles. The van der Waals surface area contributed by atoms with Crippen LogP contribution in [0.5, 0.6) is 0 Å². The first-order valence-electron chi connectivity index (χ1n) is 7.63. The number of nitrogens with zero attached hydrogens (tertiary/aromatic N) is 2. The van der Waals surface area contributed by atoms with Gasteiger partial charge in [-0.15, -0.1) is 0 Å². The van der Waals surface area contributed by atoms with Gasteiger partial charge in [0.15, 0.2) is 0 Å². The third-order valence-corrected chi connectivity index (χ3v) is 4.27. The predicted molar refractivity (Wildman–Crippen MR) is 86.6 cm³/mol. The van der Waals surface area contributed by atoms with Crippen molar-refractivity contribution in [2.75, 3.05) is 31.1 Å². The van der Waals surface area contributed by atoms with E-state index >= 15 is 0 Å². The molecule has 1 atom stereocenters. The Morgan fingerprint density at radius 3 is 2.57 bits per heavy atom. The van der Waals surface area contributed by atoms with Gasteiger partial charge in [0, 0.05) is 13.1 Å². The van der Waals surface area contributed by atoms with Gasteiger partial charge in [-0.25, -0.2) is 4.79 Å². The van der Waals surface area contributed by atoms with Crippen LogP contribution >= 0.6 is 11.8 Å². The molecule has 1 fully saturated rings. The minimum Gasteiger partial charge on any atom is -0.444 e. The van der Waals surface area contributed by atoms with E-state index in [0.717, 1.165) is 17.9 Å². The van der Waals surface area contributed by atoms with Crippen molar-refractivity contribution in [1.82, 2.24) is 9.80 Å². The average molecular weight is 316 g/mol. The first kappa shape index (κ1) is 18.1. The first-order valence-corrected chi connectivity index (χ1v) is 8.79. The Labute approximate surface area is 132 Å². The third-order valence-electron chi connectivity index (χ3n) is 3.34. The van der Waals surface area contributed by atoms with Crippen molar-refractivity contribution < 1.29 is 14.3 Å². The number of piperazine rings is 1. The number of carbonyl (C=O) groups excluding carboxylic acids is 2. The molecule has 0 aliphatic carbocycles. The number of rotatable bonds is 5. The Morgan fingerprint density at radius 2 is 2.05 bits per heavy atom. The van der Waals surface area contributed by atoms with Crippen LogP contribution in [0.15, 0.2) is 0 Å². The summed E-state index contributed by atoms with van der Waals surface area (Å²) in [6.07, 6.45) is 0.514. The van der Waals surface area contributed by atoms with E-state index in [1.807, 2.05) is 44.4 Å². The standard InChI is InChI=1S/C15H28N2O3S/c1-6-16-10-12(8-9-21-7-2)17(11-13(16)18)14(19)20-15(3,4)5/h12H,6-11H2,1-5H3/t12-/m1/s1. The van der Waals surface area contributed by atoms with Crippen LogP contribution in [-0.4, -0.2) is 64.6 Å². The molecular formula is C15H28N2O3S. The summed E-state index contributed by atoms with van der Waals surface area (Å²) >= 11 is 1.86. The van der Waals surface area contributed by atoms with E-state index < -0.39 is 5.60 Å². The molecule has 21 heavy (non-hydrogen) atoms. The van der Waals surface area contributed by atoms with Crippen molar-refractivity contribution in [1.29, 1.82) is 0 Å². The van der Waals surface area contributed by atoms with Crippen molar-refractivity contribution in [3.8, 4) is 0 Å². The minimum atomic E-state index is -0.537. The smallest absolute Gasteiger partial charge is 0.411 e. The van der Waals surface area contributed by atoms with Gasteiger partial charge in [0.2, 0.25) is 5.91 Å². The molecule has 122 valence electrons. The number of hydrogen-bond donors (Lipinski definition) is 0. The summed E-state index contributed by atoms with van der Waals surface area (Å²) in [6.45, 7) is 11.1. The average Bonchev–Trinajstić information content (AvgIpc) is 2.38. The maximum absolute atomic E-state index is 12.3. The lowest BCUT2D eigenvalue weighted by atomic mass is 10.1. The Balaban J connectivity index is 2.75. The fourth-order valence-electron chi connectivity index (χ4n) is 2.28. The lowest BCUT2D eigenvalue weighted by Crippen LogP contribution is -2.58. The zero-order chi connectivity index (χ0) is 16.0. The molecule has 1 rings (SSSR count). The molecule has 5 nitrogen and oxygen atoms in total. The molecule has 0 aromatic heterocycles. The number of thioether (sulfide) groups is 1. The Morgan fingerprint density at radius 1 is 1.38 bits per heavy atom. The van der Waals surface area contributed by atoms with Crippen LogP contribution in [0.1, 0.15) is 41.0 Å². The summed E-state index contributed by atoms with van der Waals surface area (Å²) in [7, 11) is 0. The number of carbonyl (C=O) groups is 2. The highest BCUT2D eigenvalue weighted by atomic mass is 32.2. The van der Waals surface area contributed by atoms with Crippen molar-refractivity contribution in [2.45, 2.75) is 52.7 Å². The molecule has 0 radical (unpaired) electrons. The van der Waals surface area contributed by atoms with Crippen molar-refractivity contribution >= 4 is 23.8 Å². The molecule has 1 saturated heterocycles. The summed E-state index contributed by atoms with van der Waals surface area (Å²) in [5, 5.41) is 0.